The molecule has 0 aromatic rings. The van der Waals surface area contributed by atoms with Crippen molar-refractivity contribution in [1.29, 1.82) is 0 Å². The van der Waals surface area contributed by atoms with E-state index in [1.165, 1.54) is 45.2 Å². The Hall–Kier alpha value is -0.160. The van der Waals surface area contributed by atoms with Crippen molar-refractivity contribution in [3.8, 4) is 0 Å². The summed E-state index contributed by atoms with van der Waals surface area (Å²) in [6, 6.07) is 1.55. The molecule has 2 aliphatic rings. The Balaban J connectivity index is 1.59. The summed E-state index contributed by atoms with van der Waals surface area (Å²) in [7, 11) is 1.72. The van der Waals surface area contributed by atoms with Crippen molar-refractivity contribution in [1.82, 2.24) is 10.2 Å². The van der Waals surface area contributed by atoms with Crippen LogP contribution >= 0.6 is 0 Å². The van der Waals surface area contributed by atoms with Crippen LogP contribution in [0.1, 0.15) is 32.1 Å². The number of piperidine rings is 1. The molecule has 0 bridgehead atoms. The SMILES string of the molecule is COCCOCCN1CCCCC1CNC1CC1. The summed E-state index contributed by atoms with van der Waals surface area (Å²) in [6.45, 7) is 5.74. The molecule has 1 heterocycles. The maximum atomic E-state index is 5.58. The molecule has 1 saturated carbocycles. The van der Waals surface area contributed by atoms with Crippen LogP contribution in [-0.2, 0) is 9.47 Å². The maximum Gasteiger partial charge on any atom is 0.0700 e. The smallest absolute Gasteiger partial charge is 0.0700 e. The van der Waals surface area contributed by atoms with Crippen LogP contribution in [0, 0.1) is 0 Å². The van der Waals surface area contributed by atoms with Crippen molar-refractivity contribution in [3.05, 3.63) is 0 Å². The van der Waals surface area contributed by atoms with Crippen LogP contribution in [0.2, 0.25) is 0 Å². The fraction of sp³-hybridized carbons (Fsp3) is 1.00. The highest BCUT2D eigenvalue weighted by atomic mass is 16.5. The zero-order valence-corrected chi connectivity index (χ0v) is 11.7. The lowest BCUT2D eigenvalue weighted by molar-refractivity contribution is 0.0423. The lowest BCUT2D eigenvalue weighted by atomic mass is 10.0. The molecule has 1 aliphatic carbocycles. The van der Waals surface area contributed by atoms with E-state index in [0.29, 0.717) is 6.61 Å². The van der Waals surface area contributed by atoms with Gasteiger partial charge in [-0.05, 0) is 32.2 Å². The molecule has 1 atom stereocenters. The van der Waals surface area contributed by atoms with Gasteiger partial charge in [0.05, 0.1) is 19.8 Å². The maximum absolute atomic E-state index is 5.58. The Bertz CT molecular complexity index is 222. The van der Waals surface area contributed by atoms with Crippen molar-refractivity contribution >= 4 is 0 Å². The molecule has 1 N–H and O–H groups in total. The molecule has 4 heteroatoms. The number of hydrogen-bond acceptors (Lipinski definition) is 4. The Morgan fingerprint density at radius 3 is 2.78 bits per heavy atom. The van der Waals surface area contributed by atoms with Gasteiger partial charge < -0.3 is 14.8 Å². The van der Waals surface area contributed by atoms with Gasteiger partial charge in [-0.1, -0.05) is 6.42 Å². The number of rotatable bonds is 9. The molecule has 0 aromatic carbocycles. The molecule has 0 aromatic heterocycles. The molecule has 2 rings (SSSR count). The first-order valence-electron chi connectivity index (χ1n) is 7.44. The topological polar surface area (TPSA) is 33.7 Å². The third kappa shape index (κ3) is 5.22. The van der Waals surface area contributed by atoms with Gasteiger partial charge in [0.2, 0.25) is 0 Å². The minimum absolute atomic E-state index is 0.701. The molecule has 0 spiro atoms. The van der Waals surface area contributed by atoms with E-state index in [2.05, 4.69) is 10.2 Å². The van der Waals surface area contributed by atoms with Crippen molar-refractivity contribution in [2.75, 3.05) is 46.6 Å². The Morgan fingerprint density at radius 2 is 2.00 bits per heavy atom. The van der Waals surface area contributed by atoms with Crippen LogP contribution in [0.3, 0.4) is 0 Å². The monoisotopic (exact) mass is 256 g/mol. The van der Waals surface area contributed by atoms with Crippen molar-refractivity contribution < 1.29 is 9.47 Å². The van der Waals surface area contributed by atoms with E-state index in [0.717, 1.165) is 31.8 Å². The summed E-state index contributed by atoms with van der Waals surface area (Å²) in [5.74, 6) is 0. The van der Waals surface area contributed by atoms with Crippen molar-refractivity contribution in [2.24, 2.45) is 0 Å². The summed E-state index contributed by atoms with van der Waals surface area (Å²) in [5.41, 5.74) is 0. The molecule has 106 valence electrons. The van der Waals surface area contributed by atoms with E-state index in [1.807, 2.05) is 0 Å². The summed E-state index contributed by atoms with van der Waals surface area (Å²) >= 11 is 0. The number of methoxy groups -OCH3 is 1. The van der Waals surface area contributed by atoms with E-state index in [4.69, 9.17) is 9.47 Å². The first kappa shape index (κ1) is 14.3. The van der Waals surface area contributed by atoms with E-state index in [-0.39, 0.29) is 0 Å². The number of hydrogen-bond donors (Lipinski definition) is 1. The Morgan fingerprint density at radius 1 is 1.11 bits per heavy atom. The lowest BCUT2D eigenvalue weighted by Crippen LogP contribution is -2.47. The average molecular weight is 256 g/mol. The molecular formula is C14H28N2O2. The number of nitrogens with zero attached hydrogens (tertiary/aromatic N) is 1. The van der Waals surface area contributed by atoms with Crippen molar-refractivity contribution in [2.45, 2.75) is 44.2 Å². The van der Waals surface area contributed by atoms with Gasteiger partial charge in [0.15, 0.2) is 0 Å². The predicted octanol–water partition coefficient (Wildman–Crippen LogP) is 1.26. The largest absolute Gasteiger partial charge is 0.382 e. The number of ether oxygens (including phenoxy) is 2. The Kier molecular flexibility index (Phi) is 6.41. The van der Waals surface area contributed by atoms with Crippen LogP contribution in [0.5, 0.6) is 0 Å². The van der Waals surface area contributed by atoms with Crippen LogP contribution < -0.4 is 5.32 Å². The van der Waals surface area contributed by atoms with Gasteiger partial charge in [-0.3, -0.25) is 4.90 Å². The first-order valence-corrected chi connectivity index (χ1v) is 7.44. The van der Waals surface area contributed by atoms with Gasteiger partial charge in [0.1, 0.15) is 0 Å². The first-order chi connectivity index (χ1) is 8.90. The summed E-state index contributed by atoms with van der Waals surface area (Å²) in [5, 5.41) is 3.66. The number of nitrogens with one attached hydrogen (secondary N) is 1. The third-order valence-electron chi connectivity index (χ3n) is 3.92. The van der Waals surface area contributed by atoms with E-state index in [1.54, 1.807) is 7.11 Å². The molecule has 0 amide bonds. The molecule has 0 radical (unpaired) electrons. The second kappa shape index (κ2) is 8.10. The normalized spacial score (nSPS) is 25.5. The summed E-state index contributed by atoms with van der Waals surface area (Å²) in [6.07, 6.45) is 6.84. The highest BCUT2D eigenvalue weighted by Crippen LogP contribution is 2.21. The molecule has 2 fully saturated rings. The molecule has 18 heavy (non-hydrogen) atoms. The molecular weight excluding hydrogens is 228 g/mol. The quantitative estimate of drug-likeness (QED) is 0.630. The molecule has 1 unspecified atom stereocenters. The van der Waals surface area contributed by atoms with E-state index < -0.39 is 0 Å². The van der Waals surface area contributed by atoms with Gasteiger partial charge in [-0.25, -0.2) is 0 Å². The van der Waals surface area contributed by atoms with Crippen molar-refractivity contribution in [3.63, 3.8) is 0 Å². The lowest BCUT2D eigenvalue weighted by Gasteiger charge is -2.35. The predicted molar refractivity (Wildman–Crippen MR) is 72.9 cm³/mol. The molecule has 4 nitrogen and oxygen atoms in total. The van der Waals surface area contributed by atoms with Crippen LogP contribution in [0.15, 0.2) is 0 Å². The van der Waals surface area contributed by atoms with Gasteiger partial charge in [0.25, 0.3) is 0 Å². The minimum atomic E-state index is 0.701. The summed E-state index contributed by atoms with van der Waals surface area (Å²) in [4.78, 5) is 2.60. The second-order valence-electron chi connectivity index (χ2n) is 5.47. The van der Waals surface area contributed by atoms with Crippen LogP contribution in [0.4, 0.5) is 0 Å². The highest BCUT2D eigenvalue weighted by molar-refractivity contribution is 4.85. The fourth-order valence-electron chi connectivity index (χ4n) is 2.60. The average Bonchev–Trinajstić information content (AvgIpc) is 3.21. The zero-order valence-electron chi connectivity index (χ0n) is 11.7. The fourth-order valence-corrected chi connectivity index (χ4v) is 2.60. The van der Waals surface area contributed by atoms with Gasteiger partial charge in [0, 0.05) is 32.3 Å². The summed E-state index contributed by atoms with van der Waals surface area (Å²) < 4.78 is 10.6. The van der Waals surface area contributed by atoms with E-state index >= 15 is 0 Å². The van der Waals surface area contributed by atoms with Gasteiger partial charge in [-0.2, -0.15) is 0 Å². The molecule has 1 aliphatic heterocycles. The van der Waals surface area contributed by atoms with E-state index in [9.17, 15) is 0 Å². The minimum Gasteiger partial charge on any atom is -0.382 e. The van der Waals surface area contributed by atoms with Gasteiger partial charge >= 0.3 is 0 Å². The van der Waals surface area contributed by atoms with Crippen LogP contribution in [0.25, 0.3) is 0 Å². The molecule has 1 saturated heterocycles. The second-order valence-corrected chi connectivity index (χ2v) is 5.47. The Labute approximate surface area is 111 Å². The standard InChI is InChI=1S/C14H28N2O2/c1-17-10-11-18-9-8-16-7-3-2-4-14(16)12-15-13-5-6-13/h13-15H,2-12H2,1H3. The van der Waals surface area contributed by atoms with Crippen LogP contribution in [-0.4, -0.2) is 63.5 Å². The number of likely N-dealkylation sites (tertiary alicyclic amines) is 1. The zero-order chi connectivity index (χ0) is 12.6. The highest BCUT2D eigenvalue weighted by Gasteiger charge is 2.26. The van der Waals surface area contributed by atoms with Gasteiger partial charge in [-0.15, -0.1) is 0 Å². The third-order valence-corrected chi connectivity index (χ3v) is 3.92.